The molecule has 0 saturated carbocycles. The van der Waals surface area contributed by atoms with E-state index in [1.807, 2.05) is 0 Å². The summed E-state index contributed by atoms with van der Waals surface area (Å²) in [6, 6.07) is 16.6. The van der Waals surface area contributed by atoms with Crippen LogP contribution in [0, 0.1) is 12.7 Å². The number of hydrogen-bond donors (Lipinski definition) is 1. The van der Waals surface area contributed by atoms with Crippen LogP contribution in [0.4, 0.5) is 15.8 Å². The third-order valence-electron chi connectivity index (χ3n) is 5.18. The molecule has 162 valence electrons. The summed E-state index contributed by atoms with van der Waals surface area (Å²) in [6.45, 7) is 1.85. The van der Waals surface area contributed by atoms with Gasteiger partial charge in [0.05, 0.1) is 15.5 Å². The molecule has 1 aliphatic rings. The van der Waals surface area contributed by atoms with Gasteiger partial charge in [0.1, 0.15) is 5.82 Å². The van der Waals surface area contributed by atoms with Crippen LogP contribution in [-0.4, -0.2) is 23.4 Å². The first-order chi connectivity index (χ1) is 14.7. The van der Waals surface area contributed by atoms with Gasteiger partial charge in [-0.05, 0) is 79.4 Å². The van der Waals surface area contributed by atoms with Crippen LogP contribution in [-0.2, 0) is 26.5 Å². The lowest BCUT2D eigenvalue weighted by Gasteiger charge is -2.31. The minimum Gasteiger partial charge on any atom is -0.280 e. The van der Waals surface area contributed by atoms with Crippen molar-refractivity contribution < 1.29 is 21.2 Å². The van der Waals surface area contributed by atoms with E-state index < -0.39 is 25.9 Å². The molecule has 0 radical (unpaired) electrons. The van der Waals surface area contributed by atoms with Gasteiger partial charge < -0.3 is 0 Å². The van der Waals surface area contributed by atoms with E-state index in [4.69, 9.17) is 0 Å². The molecule has 1 heterocycles. The van der Waals surface area contributed by atoms with Gasteiger partial charge in [-0.1, -0.05) is 18.2 Å². The Balaban J connectivity index is 1.65. The fourth-order valence-corrected chi connectivity index (χ4v) is 6.29. The van der Waals surface area contributed by atoms with E-state index in [0.717, 1.165) is 11.6 Å². The van der Waals surface area contributed by atoms with Crippen LogP contribution >= 0.6 is 0 Å². The SMILES string of the molecule is Cc1cc(S(=O)(=O)Nc2ccc3c(c2)CCCN3S(=O)(=O)c2ccccc2)ccc1F. The number of anilines is 2. The first kappa shape index (κ1) is 21.3. The average Bonchev–Trinajstić information content (AvgIpc) is 2.75. The molecular weight excluding hydrogens is 439 g/mol. The predicted molar refractivity (Wildman–Crippen MR) is 118 cm³/mol. The molecule has 0 aromatic heterocycles. The zero-order valence-electron chi connectivity index (χ0n) is 16.7. The molecule has 0 amide bonds. The fourth-order valence-electron chi connectivity index (χ4n) is 3.59. The van der Waals surface area contributed by atoms with Crippen LogP contribution in [0.15, 0.2) is 76.5 Å². The third-order valence-corrected chi connectivity index (χ3v) is 8.39. The standard InChI is InChI=1S/C22H21FN2O4S2/c1-16-14-20(10-11-21(16)23)30(26,27)24-18-9-12-22-17(15-18)6-5-13-25(22)31(28,29)19-7-3-2-4-8-19/h2-4,7-12,14-15,24H,5-6,13H2,1H3. The number of hydrogen-bond acceptors (Lipinski definition) is 4. The van der Waals surface area contributed by atoms with Crippen molar-refractivity contribution in [2.24, 2.45) is 0 Å². The second kappa shape index (κ2) is 7.97. The molecule has 0 aliphatic carbocycles. The zero-order chi connectivity index (χ0) is 22.2. The Kier molecular flexibility index (Phi) is 5.49. The van der Waals surface area contributed by atoms with Crippen LogP contribution in [0.25, 0.3) is 0 Å². The highest BCUT2D eigenvalue weighted by Crippen LogP contribution is 2.34. The molecule has 4 rings (SSSR count). The maximum Gasteiger partial charge on any atom is 0.264 e. The largest absolute Gasteiger partial charge is 0.280 e. The summed E-state index contributed by atoms with van der Waals surface area (Å²) in [6.07, 6.45) is 1.24. The summed E-state index contributed by atoms with van der Waals surface area (Å²) in [7, 11) is -7.63. The molecule has 0 fully saturated rings. The number of rotatable bonds is 5. The maximum atomic E-state index is 13.5. The van der Waals surface area contributed by atoms with Crippen molar-refractivity contribution in [1.82, 2.24) is 0 Å². The van der Waals surface area contributed by atoms with Gasteiger partial charge in [-0.3, -0.25) is 9.03 Å². The van der Waals surface area contributed by atoms with Crippen molar-refractivity contribution in [3.05, 3.63) is 83.7 Å². The van der Waals surface area contributed by atoms with Crippen LogP contribution in [0.5, 0.6) is 0 Å². The van der Waals surface area contributed by atoms with E-state index in [1.165, 1.54) is 29.4 Å². The van der Waals surface area contributed by atoms with Gasteiger partial charge in [-0.15, -0.1) is 0 Å². The molecule has 9 heteroatoms. The number of nitrogens with zero attached hydrogens (tertiary/aromatic N) is 1. The number of aryl methyl sites for hydroxylation is 2. The van der Waals surface area contributed by atoms with Crippen LogP contribution in [0.3, 0.4) is 0 Å². The van der Waals surface area contributed by atoms with Gasteiger partial charge in [0.15, 0.2) is 0 Å². The minimum absolute atomic E-state index is 0.0441. The normalized spacial score (nSPS) is 14.2. The zero-order valence-corrected chi connectivity index (χ0v) is 18.4. The second-order valence-corrected chi connectivity index (χ2v) is 10.9. The second-order valence-electron chi connectivity index (χ2n) is 7.35. The minimum atomic E-state index is -3.91. The summed E-state index contributed by atoms with van der Waals surface area (Å²) < 4.78 is 68.9. The first-order valence-corrected chi connectivity index (χ1v) is 12.6. The Morgan fingerprint density at radius 3 is 2.35 bits per heavy atom. The molecule has 3 aromatic rings. The molecule has 1 aliphatic heterocycles. The van der Waals surface area contributed by atoms with E-state index >= 15 is 0 Å². The summed E-state index contributed by atoms with van der Waals surface area (Å²) in [5.74, 6) is -0.479. The van der Waals surface area contributed by atoms with Crippen molar-refractivity contribution in [1.29, 1.82) is 0 Å². The number of nitrogens with one attached hydrogen (secondary N) is 1. The maximum absolute atomic E-state index is 13.5. The lowest BCUT2D eigenvalue weighted by molar-refractivity contribution is 0.586. The Hall–Kier alpha value is -2.91. The summed E-state index contributed by atoms with van der Waals surface area (Å²) >= 11 is 0. The number of halogens is 1. The average molecular weight is 461 g/mol. The van der Waals surface area contributed by atoms with E-state index in [1.54, 1.807) is 42.5 Å². The summed E-state index contributed by atoms with van der Waals surface area (Å²) in [5.41, 5.74) is 1.83. The van der Waals surface area contributed by atoms with E-state index in [9.17, 15) is 21.2 Å². The number of benzene rings is 3. The Morgan fingerprint density at radius 2 is 1.65 bits per heavy atom. The highest BCUT2D eigenvalue weighted by Gasteiger charge is 2.29. The van der Waals surface area contributed by atoms with Crippen molar-refractivity contribution in [3.63, 3.8) is 0 Å². The number of sulfonamides is 2. The van der Waals surface area contributed by atoms with Gasteiger partial charge in [0.2, 0.25) is 0 Å². The Labute approximate surface area is 181 Å². The van der Waals surface area contributed by atoms with Crippen molar-refractivity contribution in [3.8, 4) is 0 Å². The highest BCUT2D eigenvalue weighted by molar-refractivity contribution is 7.93. The first-order valence-electron chi connectivity index (χ1n) is 9.68. The summed E-state index contributed by atoms with van der Waals surface area (Å²) in [4.78, 5) is 0.164. The van der Waals surface area contributed by atoms with Crippen molar-refractivity contribution in [2.75, 3.05) is 15.6 Å². The molecule has 0 spiro atoms. The fraction of sp³-hybridized carbons (Fsp3) is 0.182. The van der Waals surface area contributed by atoms with Crippen LogP contribution in [0.1, 0.15) is 17.5 Å². The molecule has 3 aromatic carbocycles. The molecular formula is C22H21FN2O4S2. The topological polar surface area (TPSA) is 83.6 Å². The molecule has 31 heavy (non-hydrogen) atoms. The third kappa shape index (κ3) is 4.15. The molecule has 1 N–H and O–H groups in total. The van der Waals surface area contributed by atoms with Gasteiger partial charge in [-0.2, -0.15) is 0 Å². The molecule has 0 bridgehead atoms. The molecule has 0 saturated heterocycles. The quantitative estimate of drug-likeness (QED) is 0.622. The van der Waals surface area contributed by atoms with Gasteiger partial charge in [0.25, 0.3) is 20.0 Å². The molecule has 0 unspecified atom stereocenters. The van der Waals surface area contributed by atoms with Crippen molar-refractivity contribution >= 4 is 31.4 Å². The highest BCUT2D eigenvalue weighted by atomic mass is 32.2. The number of fused-ring (bicyclic) bond motifs is 1. The molecule has 0 atom stereocenters. The van der Waals surface area contributed by atoms with E-state index in [-0.39, 0.29) is 15.4 Å². The molecule has 6 nitrogen and oxygen atoms in total. The predicted octanol–water partition coefficient (Wildman–Crippen LogP) is 4.08. The lowest BCUT2D eigenvalue weighted by atomic mass is 10.0. The summed E-state index contributed by atoms with van der Waals surface area (Å²) in [5, 5.41) is 0. The van der Waals surface area contributed by atoms with Gasteiger partial charge >= 0.3 is 0 Å². The van der Waals surface area contributed by atoms with Crippen molar-refractivity contribution in [2.45, 2.75) is 29.6 Å². The Bertz CT molecular complexity index is 1340. The van der Waals surface area contributed by atoms with E-state index in [2.05, 4.69) is 4.72 Å². The van der Waals surface area contributed by atoms with Gasteiger partial charge in [-0.25, -0.2) is 21.2 Å². The van der Waals surface area contributed by atoms with Crippen LogP contribution < -0.4 is 9.03 Å². The Morgan fingerprint density at radius 1 is 0.903 bits per heavy atom. The van der Waals surface area contributed by atoms with Crippen LogP contribution in [0.2, 0.25) is 0 Å². The monoisotopic (exact) mass is 460 g/mol. The smallest absolute Gasteiger partial charge is 0.264 e. The van der Waals surface area contributed by atoms with Gasteiger partial charge in [0, 0.05) is 12.2 Å². The van der Waals surface area contributed by atoms with E-state index in [0.29, 0.717) is 30.8 Å². The lowest BCUT2D eigenvalue weighted by Crippen LogP contribution is -2.35.